The number of halogens is 4. The van der Waals surface area contributed by atoms with Crippen molar-refractivity contribution in [3.8, 4) is 0 Å². The third kappa shape index (κ3) is 2.38. The molecule has 1 unspecified atom stereocenters. The topological polar surface area (TPSA) is 58.7 Å². The van der Waals surface area contributed by atoms with E-state index in [-0.39, 0.29) is 11.4 Å². The van der Waals surface area contributed by atoms with Crippen molar-refractivity contribution < 1.29 is 22.4 Å². The molecule has 1 heterocycles. The number of amides is 2. The van der Waals surface area contributed by atoms with Gasteiger partial charge in [0.2, 0.25) is 0 Å². The maximum atomic E-state index is 13.3. The van der Waals surface area contributed by atoms with E-state index in [1.54, 1.807) is 0 Å². The van der Waals surface area contributed by atoms with Crippen LogP contribution in [0.4, 0.5) is 22.4 Å². The highest BCUT2D eigenvalue weighted by Gasteiger charge is 2.36. The van der Waals surface area contributed by atoms with Crippen LogP contribution in [0, 0.1) is 5.82 Å². The van der Waals surface area contributed by atoms with E-state index in [0.717, 1.165) is 17.0 Å². The third-order valence-corrected chi connectivity index (χ3v) is 2.76. The molecule has 0 saturated heterocycles. The molecule has 1 aromatic carbocycles. The fraction of sp³-hybridized carbons (Fsp3) is 0.273. The third-order valence-electron chi connectivity index (χ3n) is 2.76. The molecule has 0 fully saturated rings. The standard InChI is InChI=1S/C11H9F4N3O/c1-18-8(9(16)17-10(18)19)5-2-6(11(13,14)15)4-7(12)3-5/h2-4,8H,1H3,(H2,16,17,19). The van der Waals surface area contributed by atoms with Gasteiger partial charge in [-0.2, -0.15) is 18.2 Å². The van der Waals surface area contributed by atoms with Crippen molar-refractivity contribution in [3.63, 3.8) is 0 Å². The summed E-state index contributed by atoms with van der Waals surface area (Å²) in [5, 5.41) is 0. The molecule has 1 atom stereocenters. The zero-order valence-corrected chi connectivity index (χ0v) is 9.70. The van der Waals surface area contributed by atoms with Gasteiger partial charge in [0, 0.05) is 7.05 Å². The van der Waals surface area contributed by atoms with E-state index in [2.05, 4.69) is 4.99 Å². The number of hydrogen-bond acceptors (Lipinski definition) is 2. The number of urea groups is 1. The molecule has 2 rings (SSSR count). The van der Waals surface area contributed by atoms with Crippen molar-refractivity contribution in [2.24, 2.45) is 10.7 Å². The molecule has 102 valence electrons. The van der Waals surface area contributed by atoms with Crippen LogP contribution in [0.1, 0.15) is 17.2 Å². The van der Waals surface area contributed by atoms with E-state index in [1.807, 2.05) is 0 Å². The number of benzene rings is 1. The van der Waals surface area contributed by atoms with Crippen molar-refractivity contribution in [2.45, 2.75) is 12.2 Å². The SMILES string of the molecule is CN1C(=O)N=C(N)C1c1cc(F)cc(C(F)(F)F)c1. The smallest absolute Gasteiger partial charge is 0.385 e. The first-order valence-electron chi connectivity index (χ1n) is 5.18. The van der Waals surface area contributed by atoms with Crippen LogP contribution >= 0.6 is 0 Å². The number of aliphatic imine (C=N–C) groups is 1. The Kier molecular flexibility index (Phi) is 2.95. The minimum Gasteiger partial charge on any atom is -0.385 e. The summed E-state index contributed by atoms with van der Waals surface area (Å²) >= 11 is 0. The van der Waals surface area contributed by atoms with Crippen LogP contribution in [0.3, 0.4) is 0 Å². The zero-order chi connectivity index (χ0) is 14.4. The van der Waals surface area contributed by atoms with Crippen molar-refractivity contribution >= 4 is 11.9 Å². The molecule has 0 spiro atoms. The first kappa shape index (κ1) is 13.3. The van der Waals surface area contributed by atoms with Crippen LogP contribution < -0.4 is 5.73 Å². The summed E-state index contributed by atoms with van der Waals surface area (Å²) in [6.07, 6.45) is -4.68. The van der Waals surface area contributed by atoms with Gasteiger partial charge in [-0.05, 0) is 23.8 Å². The molecule has 0 radical (unpaired) electrons. The van der Waals surface area contributed by atoms with E-state index < -0.39 is 29.6 Å². The second-order valence-corrected chi connectivity index (χ2v) is 4.10. The number of amidine groups is 1. The van der Waals surface area contributed by atoms with Gasteiger partial charge in [0.1, 0.15) is 17.7 Å². The Morgan fingerprint density at radius 2 is 1.95 bits per heavy atom. The van der Waals surface area contributed by atoms with Crippen LogP contribution in [-0.2, 0) is 6.18 Å². The highest BCUT2D eigenvalue weighted by molar-refractivity contribution is 6.03. The summed E-state index contributed by atoms with van der Waals surface area (Å²) in [6.45, 7) is 0. The summed E-state index contributed by atoms with van der Waals surface area (Å²) < 4.78 is 51.1. The van der Waals surface area contributed by atoms with Crippen LogP contribution in [-0.4, -0.2) is 23.8 Å². The van der Waals surface area contributed by atoms with Crippen molar-refractivity contribution in [2.75, 3.05) is 7.05 Å². The largest absolute Gasteiger partial charge is 0.416 e. The number of alkyl halides is 3. The molecule has 0 saturated carbocycles. The number of hydrogen-bond donors (Lipinski definition) is 1. The predicted octanol–water partition coefficient (Wildman–Crippen LogP) is 2.31. The Hall–Kier alpha value is -2.12. The minimum atomic E-state index is -4.68. The van der Waals surface area contributed by atoms with E-state index in [4.69, 9.17) is 5.73 Å². The summed E-state index contributed by atoms with van der Waals surface area (Å²) in [5.74, 6) is -1.21. The first-order valence-corrected chi connectivity index (χ1v) is 5.18. The predicted molar refractivity (Wildman–Crippen MR) is 58.9 cm³/mol. The molecular formula is C11H9F4N3O. The van der Waals surface area contributed by atoms with Gasteiger partial charge in [0.05, 0.1) is 5.56 Å². The molecule has 1 aromatic rings. The molecule has 19 heavy (non-hydrogen) atoms. The molecular weight excluding hydrogens is 266 g/mol. The number of likely N-dealkylation sites (N-methyl/N-ethyl adjacent to an activating group) is 1. The summed E-state index contributed by atoms with van der Waals surface area (Å²) in [7, 11) is 1.33. The van der Waals surface area contributed by atoms with Gasteiger partial charge < -0.3 is 10.6 Å². The average Bonchev–Trinajstić information content (AvgIpc) is 2.51. The Morgan fingerprint density at radius 3 is 2.42 bits per heavy atom. The minimum absolute atomic E-state index is 0.0677. The van der Waals surface area contributed by atoms with Gasteiger partial charge in [0.25, 0.3) is 0 Å². The maximum absolute atomic E-state index is 13.3. The second kappa shape index (κ2) is 4.22. The van der Waals surface area contributed by atoms with Crippen LogP contribution in [0.15, 0.2) is 23.2 Å². The normalized spacial score (nSPS) is 19.8. The van der Waals surface area contributed by atoms with Gasteiger partial charge in [0.15, 0.2) is 0 Å². The monoisotopic (exact) mass is 275 g/mol. The Morgan fingerprint density at radius 1 is 1.32 bits per heavy atom. The van der Waals surface area contributed by atoms with Gasteiger partial charge in [-0.25, -0.2) is 9.18 Å². The van der Waals surface area contributed by atoms with Crippen molar-refractivity contribution in [1.29, 1.82) is 0 Å². The van der Waals surface area contributed by atoms with E-state index >= 15 is 0 Å². The maximum Gasteiger partial charge on any atom is 0.416 e. The molecule has 2 amide bonds. The van der Waals surface area contributed by atoms with Crippen molar-refractivity contribution in [3.05, 3.63) is 35.1 Å². The van der Waals surface area contributed by atoms with Gasteiger partial charge in [-0.3, -0.25) is 0 Å². The fourth-order valence-electron chi connectivity index (χ4n) is 1.89. The molecule has 1 aliphatic heterocycles. The Balaban J connectivity index is 2.50. The quantitative estimate of drug-likeness (QED) is 0.799. The summed E-state index contributed by atoms with van der Waals surface area (Å²) in [6, 6.07) is 0.376. The van der Waals surface area contributed by atoms with E-state index in [1.165, 1.54) is 7.05 Å². The van der Waals surface area contributed by atoms with Gasteiger partial charge in [-0.15, -0.1) is 0 Å². The van der Waals surface area contributed by atoms with E-state index in [0.29, 0.717) is 6.07 Å². The zero-order valence-electron chi connectivity index (χ0n) is 9.70. The highest BCUT2D eigenvalue weighted by Crippen LogP contribution is 2.33. The van der Waals surface area contributed by atoms with Crippen LogP contribution in [0.25, 0.3) is 0 Å². The van der Waals surface area contributed by atoms with Gasteiger partial charge in [-0.1, -0.05) is 0 Å². The van der Waals surface area contributed by atoms with Crippen molar-refractivity contribution in [1.82, 2.24) is 4.90 Å². The molecule has 1 aliphatic rings. The second-order valence-electron chi connectivity index (χ2n) is 4.10. The number of nitrogens with zero attached hydrogens (tertiary/aromatic N) is 2. The molecule has 0 aromatic heterocycles. The number of carbonyl (C=O) groups is 1. The fourth-order valence-corrected chi connectivity index (χ4v) is 1.89. The molecule has 2 N–H and O–H groups in total. The van der Waals surface area contributed by atoms with E-state index in [9.17, 15) is 22.4 Å². The Labute approximate surface area is 105 Å². The highest BCUT2D eigenvalue weighted by atomic mass is 19.4. The summed E-state index contributed by atoms with van der Waals surface area (Å²) in [5.41, 5.74) is 4.28. The molecule has 8 heteroatoms. The van der Waals surface area contributed by atoms with Gasteiger partial charge >= 0.3 is 12.2 Å². The molecule has 0 bridgehead atoms. The number of rotatable bonds is 1. The lowest BCUT2D eigenvalue weighted by atomic mass is 10.0. The lowest BCUT2D eigenvalue weighted by Crippen LogP contribution is -2.30. The van der Waals surface area contributed by atoms with Crippen LogP contribution in [0.2, 0.25) is 0 Å². The lowest BCUT2D eigenvalue weighted by Gasteiger charge is -2.21. The Bertz CT molecular complexity index is 568. The molecule has 0 aliphatic carbocycles. The number of carbonyl (C=O) groups excluding carboxylic acids is 1. The summed E-state index contributed by atoms with van der Waals surface area (Å²) in [4.78, 5) is 15.8. The lowest BCUT2D eigenvalue weighted by molar-refractivity contribution is -0.137. The molecule has 4 nitrogen and oxygen atoms in total. The number of nitrogens with two attached hydrogens (primary N) is 1. The average molecular weight is 275 g/mol. The first-order chi connectivity index (χ1) is 8.70. The van der Waals surface area contributed by atoms with Crippen LogP contribution in [0.5, 0.6) is 0 Å².